The quantitative estimate of drug-likeness (QED) is 0.897. The van der Waals surface area contributed by atoms with Crippen molar-refractivity contribution in [3.63, 3.8) is 0 Å². The molecule has 2 rings (SSSR count). The van der Waals surface area contributed by atoms with Crippen molar-refractivity contribution in [1.82, 2.24) is 0 Å². The van der Waals surface area contributed by atoms with Gasteiger partial charge in [-0.3, -0.25) is 9.59 Å². The summed E-state index contributed by atoms with van der Waals surface area (Å²) in [6.45, 7) is 1.80. The third-order valence-corrected chi connectivity index (χ3v) is 3.81. The third-order valence-electron chi connectivity index (χ3n) is 3.32. The van der Waals surface area contributed by atoms with Gasteiger partial charge < -0.3 is 10.2 Å². The number of rotatable bonds is 3. The van der Waals surface area contributed by atoms with Crippen LogP contribution in [0.15, 0.2) is 22.7 Å². The summed E-state index contributed by atoms with van der Waals surface area (Å²) in [6.07, 6.45) is 0.162. The molecule has 5 heteroatoms. The first-order valence-electron chi connectivity index (χ1n) is 5.12. The lowest BCUT2D eigenvalue weighted by Gasteiger charge is -2.15. The van der Waals surface area contributed by atoms with Gasteiger partial charge in [-0.05, 0) is 36.6 Å². The predicted molar refractivity (Wildman–Crippen MR) is 63.9 cm³/mol. The fourth-order valence-corrected chi connectivity index (χ4v) is 2.65. The molecule has 0 aliphatic heterocycles. The summed E-state index contributed by atoms with van der Waals surface area (Å²) in [5.74, 6) is -2.94. The summed E-state index contributed by atoms with van der Waals surface area (Å²) < 4.78 is 0.759. The van der Waals surface area contributed by atoms with E-state index in [1.54, 1.807) is 19.1 Å². The van der Waals surface area contributed by atoms with E-state index in [1.165, 1.54) is 0 Å². The van der Waals surface area contributed by atoms with Crippen LogP contribution in [0.3, 0.4) is 0 Å². The van der Waals surface area contributed by atoms with E-state index in [1.807, 2.05) is 6.07 Å². The van der Waals surface area contributed by atoms with E-state index in [2.05, 4.69) is 15.9 Å². The predicted octanol–water partition coefficient (Wildman–Crippen LogP) is 2.18. The molecule has 0 amide bonds. The maximum absolute atomic E-state index is 11.4. The molecule has 0 saturated heterocycles. The molecule has 0 heterocycles. The highest BCUT2D eigenvalue weighted by molar-refractivity contribution is 9.10. The summed E-state index contributed by atoms with van der Waals surface area (Å²) in [7, 11) is 0. The van der Waals surface area contributed by atoms with Gasteiger partial charge in [-0.15, -0.1) is 0 Å². The Labute approximate surface area is 106 Å². The number of carboxylic acids is 2. The molecule has 1 aliphatic carbocycles. The monoisotopic (exact) mass is 298 g/mol. The maximum atomic E-state index is 11.4. The minimum Gasteiger partial charge on any atom is -0.481 e. The van der Waals surface area contributed by atoms with E-state index in [0.29, 0.717) is 5.56 Å². The van der Waals surface area contributed by atoms with Gasteiger partial charge in [0.05, 0.1) is 5.92 Å². The number of hydrogen-bond acceptors (Lipinski definition) is 2. The maximum Gasteiger partial charge on any atom is 0.315 e. The number of benzene rings is 1. The zero-order valence-corrected chi connectivity index (χ0v) is 10.7. The second kappa shape index (κ2) is 3.84. The van der Waals surface area contributed by atoms with Crippen LogP contribution in [0.2, 0.25) is 0 Å². The van der Waals surface area contributed by atoms with Crippen LogP contribution in [0.25, 0.3) is 0 Å². The van der Waals surface area contributed by atoms with Crippen molar-refractivity contribution in [3.8, 4) is 0 Å². The summed E-state index contributed by atoms with van der Waals surface area (Å²) in [6, 6.07) is 5.31. The van der Waals surface area contributed by atoms with Crippen molar-refractivity contribution in [2.24, 2.45) is 5.92 Å². The highest BCUT2D eigenvalue weighted by atomic mass is 79.9. The van der Waals surface area contributed by atoms with Crippen molar-refractivity contribution in [1.29, 1.82) is 0 Å². The van der Waals surface area contributed by atoms with E-state index in [0.717, 1.165) is 10.0 Å². The molecule has 1 fully saturated rings. The Morgan fingerprint density at radius 2 is 2.06 bits per heavy atom. The van der Waals surface area contributed by atoms with Crippen LogP contribution >= 0.6 is 15.9 Å². The Morgan fingerprint density at radius 1 is 1.41 bits per heavy atom. The van der Waals surface area contributed by atoms with E-state index in [-0.39, 0.29) is 6.42 Å². The molecule has 90 valence electrons. The Bertz CT molecular complexity index is 511. The molecule has 0 spiro atoms. The van der Waals surface area contributed by atoms with Crippen molar-refractivity contribution in [2.75, 3.05) is 0 Å². The van der Waals surface area contributed by atoms with Crippen LogP contribution in [-0.4, -0.2) is 22.2 Å². The first-order valence-corrected chi connectivity index (χ1v) is 5.91. The van der Waals surface area contributed by atoms with Crippen molar-refractivity contribution >= 4 is 27.9 Å². The van der Waals surface area contributed by atoms with Gasteiger partial charge >= 0.3 is 11.9 Å². The normalized spacial score (nSPS) is 26.6. The summed E-state index contributed by atoms with van der Waals surface area (Å²) in [4.78, 5) is 22.4. The highest BCUT2D eigenvalue weighted by Gasteiger charge is 2.66. The first-order chi connectivity index (χ1) is 7.89. The minimum absolute atomic E-state index is 0.162. The molecular formula is C12H11BrO4. The Morgan fingerprint density at radius 3 is 2.53 bits per heavy atom. The van der Waals surface area contributed by atoms with E-state index in [4.69, 9.17) is 5.11 Å². The molecule has 1 aliphatic rings. The van der Waals surface area contributed by atoms with Crippen molar-refractivity contribution in [2.45, 2.75) is 18.8 Å². The summed E-state index contributed by atoms with van der Waals surface area (Å²) in [5.41, 5.74) is 0.144. The van der Waals surface area contributed by atoms with Gasteiger partial charge in [0.25, 0.3) is 0 Å². The van der Waals surface area contributed by atoms with Crippen molar-refractivity contribution < 1.29 is 19.8 Å². The van der Waals surface area contributed by atoms with Gasteiger partial charge in [-0.2, -0.15) is 0 Å². The number of hydrogen-bond donors (Lipinski definition) is 2. The zero-order chi connectivity index (χ0) is 12.8. The fraction of sp³-hybridized carbons (Fsp3) is 0.333. The molecule has 0 aromatic heterocycles. The Balaban J connectivity index is 2.53. The highest BCUT2D eigenvalue weighted by Crippen LogP contribution is 2.55. The van der Waals surface area contributed by atoms with Gasteiger partial charge in [-0.1, -0.05) is 22.0 Å². The van der Waals surface area contributed by atoms with Gasteiger partial charge in [0.15, 0.2) is 0 Å². The number of halogens is 1. The van der Waals surface area contributed by atoms with Crippen LogP contribution in [-0.2, 0) is 15.0 Å². The fourth-order valence-electron chi connectivity index (χ4n) is 2.29. The molecule has 1 aromatic rings. The summed E-state index contributed by atoms with van der Waals surface area (Å²) in [5, 5.41) is 18.3. The topological polar surface area (TPSA) is 74.6 Å². The second-order valence-electron chi connectivity index (χ2n) is 4.33. The van der Waals surface area contributed by atoms with E-state index >= 15 is 0 Å². The molecule has 1 aromatic carbocycles. The van der Waals surface area contributed by atoms with Gasteiger partial charge in [0.2, 0.25) is 0 Å². The van der Waals surface area contributed by atoms with E-state index in [9.17, 15) is 14.7 Å². The van der Waals surface area contributed by atoms with Gasteiger partial charge in [0, 0.05) is 4.47 Å². The average molecular weight is 299 g/mol. The standard InChI is InChI=1S/C12H11BrO4/c1-6-2-3-7(13)4-8(6)12(11(16)17)5-9(12)10(14)15/h2-4,9H,5H2,1H3,(H,14,15)(H,16,17). The SMILES string of the molecule is Cc1ccc(Br)cc1C1(C(=O)O)CC1C(=O)O. The Hall–Kier alpha value is -1.36. The second-order valence-corrected chi connectivity index (χ2v) is 5.25. The minimum atomic E-state index is -1.25. The molecule has 1 saturated carbocycles. The summed E-state index contributed by atoms with van der Waals surface area (Å²) >= 11 is 3.28. The average Bonchev–Trinajstić information content (AvgIpc) is 2.98. The van der Waals surface area contributed by atoms with Gasteiger partial charge in [-0.25, -0.2) is 0 Å². The largest absolute Gasteiger partial charge is 0.481 e. The molecule has 0 bridgehead atoms. The number of carboxylic acid groups (broad SMARTS) is 2. The molecule has 2 unspecified atom stereocenters. The molecule has 2 N–H and O–H groups in total. The van der Waals surface area contributed by atoms with Crippen LogP contribution in [0.5, 0.6) is 0 Å². The van der Waals surface area contributed by atoms with Crippen LogP contribution in [0.1, 0.15) is 17.5 Å². The van der Waals surface area contributed by atoms with Crippen LogP contribution in [0, 0.1) is 12.8 Å². The molecule has 4 nitrogen and oxygen atoms in total. The molecular weight excluding hydrogens is 288 g/mol. The zero-order valence-electron chi connectivity index (χ0n) is 9.11. The van der Waals surface area contributed by atoms with Crippen molar-refractivity contribution in [3.05, 3.63) is 33.8 Å². The smallest absolute Gasteiger partial charge is 0.315 e. The lowest BCUT2D eigenvalue weighted by atomic mass is 9.89. The molecule has 17 heavy (non-hydrogen) atoms. The van der Waals surface area contributed by atoms with Crippen LogP contribution < -0.4 is 0 Å². The first kappa shape index (κ1) is 12.1. The van der Waals surface area contributed by atoms with Crippen LogP contribution in [0.4, 0.5) is 0 Å². The third kappa shape index (κ3) is 1.74. The molecule has 2 atom stereocenters. The Kier molecular flexibility index (Phi) is 2.73. The lowest BCUT2D eigenvalue weighted by molar-refractivity contribution is -0.145. The number of aryl methyl sites for hydroxylation is 1. The lowest BCUT2D eigenvalue weighted by Crippen LogP contribution is -2.26. The number of carbonyl (C=O) groups is 2. The molecule has 0 radical (unpaired) electrons. The van der Waals surface area contributed by atoms with Gasteiger partial charge in [0.1, 0.15) is 5.41 Å². The number of aliphatic carboxylic acids is 2. The van der Waals surface area contributed by atoms with E-state index < -0.39 is 23.3 Å².